The number of rotatable bonds is 3. The minimum absolute atomic E-state index is 0. The van der Waals surface area contributed by atoms with Crippen molar-refractivity contribution in [3.63, 3.8) is 0 Å². The van der Waals surface area contributed by atoms with Gasteiger partial charge in [0.2, 0.25) is 0 Å². The first kappa shape index (κ1) is 14.8. The van der Waals surface area contributed by atoms with Crippen LogP contribution in [0.2, 0.25) is 0 Å². The van der Waals surface area contributed by atoms with Crippen LogP contribution in [0.25, 0.3) is 0 Å². The number of ether oxygens (including phenoxy) is 1. The molecule has 0 spiro atoms. The molecule has 1 atom stereocenters. The molecule has 0 saturated carbocycles. The summed E-state index contributed by atoms with van der Waals surface area (Å²) in [7, 11) is 0. The molecule has 0 bridgehead atoms. The number of hydrogen-bond donors (Lipinski definition) is 2. The van der Waals surface area contributed by atoms with Gasteiger partial charge in [-0.1, -0.05) is 12.1 Å². The Morgan fingerprint density at radius 1 is 1.44 bits per heavy atom. The Morgan fingerprint density at radius 3 is 2.89 bits per heavy atom. The Morgan fingerprint density at radius 2 is 2.22 bits per heavy atom. The third-order valence-electron chi connectivity index (χ3n) is 3.01. The smallest absolute Gasteiger partial charge is 0.253 e. The zero-order valence-electron chi connectivity index (χ0n) is 10.2. The molecule has 0 aliphatic carbocycles. The summed E-state index contributed by atoms with van der Waals surface area (Å²) in [4.78, 5) is 11.9. The molecule has 4 nitrogen and oxygen atoms in total. The van der Waals surface area contributed by atoms with Crippen LogP contribution < -0.4 is 11.1 Å². The maximum Gasteiger partial charge on any atom is 0.253 e. The number of nitrogen functional groups attached to an aromatic ring is 1. The Kier molecular flexibility index (Phi) is 5.95. The topological polar surface area (TPSA) is 64.4 Å². The maximum atomic E-state index is 11.9. The van der Waals surface area contributed by atoms with E-state index in [1.54, 1.807) is 12.1 Å². The number of carbonyl (C=O) groups excluding carboxylic acids is 1. The van der Waals surface area contributed by atoms with Crippen LogP contribution >= 0.6 is 12.4 Å². The largest absolute Gasteiger partial charge is 0.398 e. The lowest BCUT2D eigenvalue weighted by Crippen LogP contribution is -2.33. The summed E-state index contributed by atoms with van der Waals surface area (Å²) >= 11 is 0. The second-order valence-corrected chi connectivity index (χ2v) is 4.38. The predicted molar refractivity (Wildman–Crippen MR) is 74.0 cm³/mol. The summed E-state index contributed by atoms with van der Waals surface area (Å²) in [5.74, 6) is 0.325. The summed E-state index contributed by atoms with van der Waals surface area (Å²) in [5.41, 5.74) is 6.81. The van der Waals surface area contributed by atoms with E-state index in [1.807, 2.05) is 12.1 Å². The number of hydrogen-bond acceptors (Lipinski definition) is 3. The van der Waals surface area contributed by atoms with Crippen LogP contribution in [0.15, 0.2) is 24.3 Å². The van der Waals surface area contributed by atoms with E-state index in [1.165, 1.54) is 0 Å². The van der Waals surface area contributed by atoms with Gasteiger partial charge in [-0.05, 0) is 30.9 Å². The number of anilines is 1. The first-order valence-corrected chi connectivity index (χ1v) is 5.98. The molecular weight excluding hydrogens is 252 g/mol. The van der Waals surface area contributed by atoms with Crippen LogP contribution in [0.4, 0.5) is 5.69 Å². The summed E-state index contributed by atoms with van der Waals surface area (Å²) in [5, 5.41) is 2.91. The number of nitrogens with one attached hydrogen (secondary N) is 1. The van der Waals surface area contributed by atoms with Gasteiger partial charge in [-0.3, -0.25) is 4.79 Å². The molecule has 0 aromatic heterocycles. The van der Waals surface area contributed by atoms with Crippen molar-refractivity contribution in [3.8, 4) is 0 Å². The summed E-state index contributed by atoms with van der Waals surface area (Å²) in [6.45, 7) is 2.24. The van der Waals surface area contributed by atoms with Crippen LogP contribution in [0.5, 0.6) is 0 Å². The van der Waals surface area contributed by atoms with Crippen molar-refractivity contribution in [1.29, 1.82) is 0 Å². The lowest BCUT2D eigenvalue weighted by atomic mass is 10.0. The quantitative estimate of drug-likeness (QED) is 0.824. The van der Waals surface area contributed by atoms with E-state index in [0.717, 1.165) is 26.1 Å². The maximum absolute atomic E-state index is 11.9. The normalized spacial score (nSPS) is 18.8. The van der Waals surface area contributed by atoms with Crippen LogP contribution in [0.1, 0.15) is 23.2 Å². The van der Waals surface area contributed by atoms with Gasteiger partial charge in [0.25, 0.3) is 5.91 Å². The number of benzene rings is 1. The fraction of sp³-hybridized carbons (Fsp3) is 0.462. The number of para-hydroxylation sites is 1. The molecule has 100 valence electrons. The first-order valence-electron chi connectivity index (χ1n) is 5.98. The van der Waals surface area contributed by atoms with E-state index in [0.29, 0.717) is 23.7 Å². The van der Waals surface area contributed by atoms with Gasteiger partial charge in [0.15, 0.2) is 0 Å². The molecule has 1 aliphatic rings. The van der Waals surface area contributed by atoms with E-state index in [4.69, 9.17) is 10.5 Å². The number of carbonyl (C=O) groups is 1. The van der Waals surface area contributed by atoms with E-state index >= 15 is 0 Å². The molecule has 5 heteroatoms. The lowest BCUT2D eigenvalue weighted by Gasteiger charge is -2.22. The second kappa shape index (κ2) is 7.24. The van der Waals surface area contributed by atoms with E-state index < -0.39 is 0 Å². The Balaban J connectivity index is 0.00000162. The molecule has 2 rings (SSSR count). The van der Waals surface area contributed by atoms with Gasteiger partial charge in [-0.25, -0.2) is 0 Å². The van der Waals surface area contributed by atoms with Crippen molar-refractivity contribution in [2.75, 3.05) is 25.5 Å². The average Bonchev–Trinajstić information content (AvgIpc) is 2.38. The molecule has 1 saturated heterocycles. The van der Waals surface area contributed by atoms with Gasteiger partial charge in [-0.2, -0.15) is 0 Å². The Hall–Kier alpha value is -1.26. The number of amides is 1. The molecule has 1 unspecified atom stereocenters. The molecule has 3 N–H and O–H groups in total. The molecule has 0 radical (unpaired) electrons. The van der Waals surface area contributed by atoms with Crippen molar-refractivity contribution >= 4 is 24.0 Å². The van der Waals surface area contributed by atoms with E-state index in [9.17, 15) is 4.79 Å². The highest BCUT2D eigenvalue weighted by Gasteiger charge is 2.15. The van der Waals surface area contributed by atoms with Gasteiger partial charge < -0.3 is 15.8 Å². The van der Waals surface area contributed by atoms with Crippen molar-refractivity contribution in [1.82, 2.24) is 5.32 Å². The van der Waals surface area contributed by atoms with Crippen molar-refractivity contribution in [2.45, 2.75) is 12.8 Å². The van der Waals surface area contributed by atoms with Crippen molar-refractivity contribution in [3.05, 3.63) is 29.8 Å². The summed E-state index contributed by atoms with van der Waals surface area (Å²) in [6.07, 6.45) is 2.19. The van der Waals surface area contributed by atoms with Crippen LogP contribution in [0.3, 0.4) is 0 Å². The molecule has 1 aromatic rings. The molecule has 1 aliphatic heterocycles. The SMILES string of the molecule is Cl.Nc1ccccc1C(=O)NCC1CCCOC1. The van der Waals surface area contributed by atoms with Gasteiger partial charge in [0.1, 0.15) is 0 Å². The monoisotopic (exact) mass is 270 g/mol. The van der Waals surface area contributed by atoms with Gasteiger partial charge in [0.05, 0.1) is 12.2 Å². The van der Waals surface area contributed by atoms with Crippen molar-refractivity contribution < 1.29 is 9.53 Å². The first-order chi connectivity index (χ1) is 8.27. The van der Waals surface area contributed by atoms with Crippen LogP contribution in [-0.2, 0) is 4.74 Å². The molecule has 18 heavy (non-hydrogen) atoms. The summed E-state index contributed by atoms with van der Waals surface area (Å²) < 4.78 is 5.37. The second-order valence-electron chi connectivity index (χ2n) is 4.38. The highest BCUT2D eigenvalue weighted by atomic mass is 35.5. The van der Waals surface area contributed by atoms with Gasteiger partial charge >= 0.3 is 0 Å². The van der Waals surface area contributed by atoms with E-state index in [-0.39, 0.29) is 18.3 Å². The fourth-order valence-corrected chi connectivity index (χ4v) is 2.00. The molecule has 1 aromatic carbocycles. The fourth-order valence-electron chi connectivity index (χ4n) is 2.00. The van der Waals surface area contributed by atoms with Crippen LogP contribution in [-0.4, -0.2) is 25.7 Å². The highest BCUT2D eigenvalue weighted by Crippen LogP contribution is 2.13. The molecular formula is C13H19ClN2O2. The minimum atomic E-state index is -0.103. The molecule has 1 fully saturated rings. The van der Waals surface area contributed by atoms with Crippen molar-refractivity contribution in [2.24, 2.45) is 5.92 Å². The molecule has 1 heterocycles. The minimum Gasteiger partial charge on any atom is -0.398 e. The number of halogens is 1. The molecule has 1 amide bonds. The Bertz CT molecular complexity index is 392. The lowest BCUT2D eigenvalue weighted by molar-refractivity contribution is 0.0536. The zero-order valence-corrected chi connectivity index (χ0v) is 11.0. The third kappa shape index (κ3) is 3.89. The van der Waals surface area contributed by atoms with Crippen LogP contribution in [0, 0.1) is 5.92 Å². The third-order valence-corrected chi connectivity index (χ3v) is 3.01. The number of nitrogens with two attached hydrogens (primary N) is 1. The van der Waals surface area contributed by atoms with Gasteiger partial charge in [0, 0.05) is 18.8 Å². The summed E-state index contributed by atoms with van der Waals surface area (Å²) in [6, 6.07) is 7.11. The zero-order chi connectivity index (χ0) is 12.1. The predicted octanol–water partition coefficient (Wildman–Crippen LogP) is 1.85. The Labute approximate surface area is 113 Å². The average molecular weight is 271 g/mol. The van der Waals surface area contributed by atoms with Gasteiger partial charge in [-0.15, -0.1) is 12.4 Å². The highest BCUT2D eigenvalue weighted by molar-refractivity contribution is 5.99. The standard InChI is InChI=1S/C13H18N2O2.ClH/c14-12-6-2-1-5-11(12)13(16)15-8-10-4-3-7-17-9-10;/h1-2,5-6,10H,3-4,7-9,14H2,(H,15,16);1H. The van der Waals surface area contributed by atoms with E-state index in [2.05, 4.69) is 5.32 Å².